The maximum Gasteiger partial charge on any atom is 0.308 e. The Morgan fingerprint density at radius 1 is 1.33 bits per heavy atom. The fourth-order valence-corrected chi connectivity index (χ4v) is 4.36. The van der Waals surface area contributed by atoms with Gasteiger partial charge in [0.1, 0.15) is 0 Å². The minimum atomic E-state index is -3.32. The molecule has 1 aromatic carbocycles. The molecule has 3 atom stereocenters. The molecule has 4 nitrogen and oxygen atoms in total. The second kappa shape index (κ2) is 4.66. The molecule has 3 unspecified atom stereocenters. The highest BCUT2D eigenvalue weighted by Crippen LogP contribution is 2.52. The van der Waals surface area contributed by atoms with Crippen molar-refractivity contribution in [3.63, 3.8) is 0 Å². The van der Waals surface area contributed by atoms with Crippen LogP contribution in [0.25, 0.3) is 0 Å². The molecule has 0 saturated heterocycles. The highest BCUT2D eigenvalue weighted by Gasteiger charge is 2.62. The monoisotopic (exact) mass is 332 g/mol. The first-order valence-corrected chi connectivity index (χ1v) is 8.09. The maximum atomic E-state index is 11.9. The number of sulfone groups is 1. The van der Waals surface area contributed by atoms with E-state index in [0.717, 1.165) is 10.0 Å². The first-order chi connectivity index (χ1) is 8.38. The van der Waals surface area contributed by atoms with E-state index in [1.165, 1.54) is 0 Å². The fourth-order valence-electron chi connectivity index (χ4n) is 2.30. The van der Waals surface area contributed by atoms with Gasteiger partial charge in [-0.15, -0.1) is 0 Å². The molecular formula is C12H13BrO4S. The second-order valence-corrected chi connectivity index (χ2v) is 7.72. The van der Waals surface area contributed by atoms with Gasteiger partial charge in [0.2, 0.25) is 0 Å². The van der Waals surface area contributed by atoms with Crippen LogP contribution < -0.4 is 0 Å². The molecule has 0 amide bonds. The minimum Gasteiger partial charge on any atom is -0.481 e. The highest BCUT2D eigenvalue weighted by atomic mass is 79.9. The smallest absolute Gasteiger partial charge is 0.308 e. The summed E-state index contributed by atoms with van der Waals surface area (Å²) in [7, 11) is -3.32. The molecule has 1 N–H and O–H groups in total. The third-order valence-electron chi connectivity index (χ3n) is 3.31. The Bertz CT molecular complexity index is 564. The van der Waals surface area contributed by atoms with Gasteiger partial charge >= 0.3 is 5.97 Å². The van der Waals surface area contributed by atoms with Crippen LogP contribution in [0.4, 0.5) is 0 Å². The highest BCUT2D eigenvalue weighted by molar-refractivity contribution is 9.10. The molecule has 1 saturated carbocycles. The van der Waals surface area contributed by atoms with Crippen LogP contribution in [-0.4, -0.2) is 30.5 Å². The number of hydrogen-bond acceptors (Lipinski definition) is 3. The van der Waals surface area contributed by atoms with Crippen molar-refractivity contribution in [2.45, 2.75) is 18.1 Å². The lowest BCUT2D eigenvalue weighted by Crippen LogP contribution is -2.14. The van der Waals surface area contributed by atoms with Gasteiger partial charge in [0, 0.05) is 16.1 Å². The lowest BCUT2D eigenvalue weighted by Gasteiger charge is -2.00. The Kier molecular flexibility index (Phi) is 3.51. The molecule has 6 heteroatoms. The van der Waals surface area contributed by atoms with E-state index in [2.05, 4.69) is 15.9 Å². The third kappa shape index (κ3) is 2.31. The summed E-state index contributed by atoms with van der Waals surface area (Å²) < 4.78 is 24.6. The van der Waals surface area contributed by atoms with Crippen molar-refractivity contribution in [2.24, 2.45) is 5.92 Å². The molecule has 0 aromatic heterocycles. The molecule has 0 radical (unpaired) electrons. The Morgan fingerprint density at radius 3 is 2.33 bits per heavy atom. The SMILES string of the molecule is CCS(=O)(=O)C1C(C(=O)O)C1c1ccc(Br)cc1. The van der Waals surface area contributed by atoms with Crippen molar-refractivity contribution in [3.05, 3.63) is 34.3 Å². The van der Waals surface area contributed by atoms with Crippen molar-refractivity contribution in [1.29, 1.82) is 0 Å². The van der Waals surface area contributed by atoms with Crippen LogP contribution in [-0.2, 0) is 14.6 Å². The Labute approximate surface area is 114 Å². The number of carbonyl (C=O) groups is 1. The Balaban J connectivity index is 2.33. The number of benzene rings is 1. The lowest BCUT2D eigenvalue weighted by atomic mass is 10.1. The average molecular weight is 333 g/mol. The second-order valence-electron chi connectivity index (χ2n) is 4.36. The van der Waals surface area contributed by atoms with Crippen molar-refractivity contribution in [2.75, 3.05) is 5.75 Å². The first kappa shape index (κ1) is 13.5. The van der Waals surface area contributed by atoms with Crippen LogP contribution in [0.5, 0.6) is 0 Å². The van der Waals surface area contributed by atoms with Crippen molar-refractivity contribution in [3.8, 4) is 0 Å². The first-order valence-electron chi connectivity index (χ1n) is 5.58. The van der Waals surface area contributed by atoms with Crippen molar-refractivity contribution in [1.82, 2.24) is 0 Å². The predicted octanol–water partition coefficient (Wildman–Crippen LogP) is 2.05. The Morgan fingerprint density at radius 2 is 1.89 bits per heavy atom. The van der Waals surface area contributed by atoms with E-state index in [0.29, 0.717) is 0 Å². The molecular weight excluding hydrogens is 320 g/mol. The summed E-state index contributed by atoms with van der Waals surface area (Å²) in [6.45, 7) is 1.55. The zero-order valence-corrected chi connectivity index (χ0v) is 12.1. The molecule has 0 heterocycles. The molecule has 98 valence electrons. The molecule has 0 aliphatic heterocycles. The van der Waals surface area contributed by atoms with Crippen molar-refractivity contribution < 1.29 is 18.3 Å². The fraction of sp³-hybridized carbons (Fsp3) is 0.417. The minimum absolute atomic E-state index is 0.0194. The van der Waals surface area contributed by atoms with Crippen LogP contribution in [0, 0.1) is 5.92 Å². The van der Waals surface area contributed by atoms with Crippen LogP contribution >= 0.6 is 15.9 Å². The predicted molar refractivity (Wildman–Crippen MR) is 71.3 cm³/mol. The summed E-state index contributed by atoms with van der Waals surface area (Å²) in [5.41, 5.74) is 0.771. The normalized spacial score (nSPS) is 26.9. The van der Waals surface area contributed by atoms with Gasteiger partial charge in [0.15, 0.2) is 9.84 Å². The number of rotatable bonds is 4. The van der Waals surface area contributed by atoms with Gasteiger partial charge in [-0.3, -0.25) is 4.79 Å². The summed E-state index contributed by atoms with van der Waals surface area (Å²) in [6.07, 6.45) is 0. The van der Waals surface area contributed by atoms with E-state index in [4.69, 9.17) is 5.11 Å². The van der Waals surface area contributed by atoms with Gasteiger partial charge in [-0.25, -0.2) is 8.42 Å². The number of carboxylic acid groups (broad SMARTS) is 1. The maximum absolute atomic E-state index is 11.9. The molecule has 0 bridgehead atoms. The van der Waals surface area contributed by atoms with E-state index in [1.54, 1.807) is 31.2 Å². The average Bonchev–Trinajstić information content (AvgIpc) is 3.06. The quantitative estimate of drug-likeness (QED) is 0.915. The molecule has 1 fully saturated rings. The lowest BCUT2D eigenvalue weighted by molar-refractivity contribution is -0.138. The standard InChI is InChI=1S/C12H13BrO4S/c1-2-18(16,17)11-9(10(11)12(14)15)7-3-5-8(13)6-4-7/h3-6,9-11H,2H2,1H3,(H,14,15). The van der Waals surface area contributed by atoms with Crippen LogP contribution in [0.15, 0.2) is 28.7 Å². The molecule has 1 aliphatic rings. The molecule has 18 heavy (non-hydrogen) atoms. The van der Waals surface area contributed by atoms with E-state index >= 15 is 0 Å². The van der Waals surface area contributed by atoms with E-state index in [-0.39, 0.29) is 5.75 Å². The number of hydrogen-bond donors (Lipinski definition) is 1. The number of halogens is 1. The summed E-state index contributed by atoms with van der Waals surface area (Å²) in [6, 6.07) is 7.14. The van der Waals surface area contributed by atoms with Gasteiger partial charge in [-0.05, 0) is 17.7 Å². The summed E-state index contributed by atoms with van der Waals surface area (Å²) in [5, 5.41) is 8.32. The topological polar surface area (TPSA) is 71.4 Å². The van der Waals surface area contributed by atoms with Gasteiger partial charge in [-0.1, -0.05) is 35.0 Å². The van der Waals surface area contributed by atoms with E-state index in [1.807, 2.05) is 0 Å². The summed E-state index contributed by atoms with van der Waals surface area (Å²) >= 11 is 3.29. The largest absolute Gasteiger partial charge is 0.481 e. The Hall–Kier alpha value is -0.880. The summed E-state index contributed by atoms with van der Waals surface area (Å²) in [4.78, 5) is 11.1. The third-order valence-corrected chi connectivity index (χ3v) is 6.06. The molecule has 1 aliphatic carbocycles. The van der Waals surface area contributed by atoms with Gasteiger partial charge in [0.25, 0.3) is 0 Å². The van der Waals surface area contributed by atoms with Crippen LogP contribution in [0.1, 0.15) is 18.4 Å². The van der Waals surface area contributed by atoms with Crippen LogP contribution in [0.3, 0.4) is 0 Å². The number of carboxylic acids is 1. The molecule has 0 spiro atoms. The van der Waals surface area contributed by atoms with Crippen molar-refractivity contribution >= 4 is 31.7 Å². The van der Waals surface area contributed by atoms with Gasteiger partial charge in [-0.2, -0.15) is 0 Å². The molecule has 1 aromatic rings. The summed E-state index contributed by atoms with van der Waals surface area (Å²) in [5.74, 6) is -2.28. The van der Waals surface area contributed by atoms with E-state index < -0.39 is 32.9 Å². The zero-order valence-electron chi connectivity index (χ0n) is 9.71. The zero-order chi connectivity index (χ0) is 13.5. The number of aliphatic carboxylic acids is 1. The van der Waals surface area contributed by atoms with Gasteiger partial charge in [0.05, 0.1) is 11.2 Å². The molecule has 2 rings (SSSR count). The van der Waals surface area contributed by atoms with Crippen LogP contribution in [0.2, 0.25) is 0 Å². The van der Waals surface area contributed by atoms with E-state index in [9.17, 15) is 13.2 Å². The van der Waals surface area contributed by atoms with Gasteiger partial charge < -0.3 is 5.11 Å².